The molecule has 2 rings (SSSR count). The molecule has 2 aliphatic rings. The molecule has 0 saturated heterocycles. The molecule has 138 valence electrons. The van der Waals surface area contributed by atoms with Gasteiger partial charge in [-0.1, -0.05) is 31.2 Å². The number of rotatable bonds is 7. The van der Waals surface area contributed by atoms with Gasteiger partial charge in [-0.25, -0.2) is 0 Å². The van der Waals surface area contributed by atoms with E-state index in [4.69, 9.17) is 13.3 Å². The molecule has 2 fully saturated rings. The van der Waals surface area contributed by atoms with E-state index in [1.807, 2.05) is 20.8 Å². The van der Waals surface area contributed by atoms with Crippen LogP contribution in [0.25, 0.3) is 0 Å². The van der Waals surface area contributed by atoms with Crippen LogP contribution in [-0.2, 0) is 30.3 Å². The molecule has 2 saturated carbocycles. The topological polar surface area (TPSA) is 27.7 Å². The molecule has 0 bridgehead atoms. The second kappa shape index (κ2) is 12.9. The standard InChI is InChI=1S/C12H25O3Si.C6H11.Fe/c1-5-13-16(14-6-2,15-7-3)12-10-8-9-11(12)4;1-6-4-2-3-5-6;/h12H,5-10H2,1-4H3;2-5H2,1H3;/q2*-1;+2. The van der Waals surface area contributed by atoms with Gasteiger partial charge >= 0.3 is 25.9 Å². The molecule has 0 aliphatic heterocycles. The van der Waals surface area contributed by atoms with Crippen molar-refractivity contribution in [1.29, 1.82) is 0 Å². The van der Waals surface area contributed by atoms with Crippen LogP contribution >= 0.6 is 0 Å². The van der Waals surface area contributed by atoms with E-state index in [9.17, 15) is 0 Å². The van der Waals surface area contributed by atoms with Crippen molar-refractivity contribution >= 4 is 8.80 Å². The first-order valence-corrected chi connectivity index (χ1v) is 10.9. The fourth-order valence-corrected chi connectivity index (χ4v) is 6.86. The van der Waals surface area contributed by atoms with Crippen LogP contribution in [0.2, 0.25) is 5.54 Å². The molecular formula is C18H36FeO3Si. The zero-order valence-corrected chi connectivity index (χ0v) is 17.8. The molecule has 0 N–H and O–H groups in total. The largest absolute Gasteiger partial charge is 2.00 e. The second-order valence-corrected chi connectivity index (χ2v) is 9.13. The zero-order valence-electron chi connectivity index (χ0n) is 15.7. The fraction of sp³-hybridized carbons (Fsp3) is 0.889. The van der Waals surface area contributed by atoms with Crippen LogP contribution in [0, 0.1) is 11.8 Å². The van der Waals surface area contributed by atoms with Gasteiger partial charge < -0.3 is 25.1 Å². The van der Waals surface area contributed by atoms with Gasteiger partial charge in [0.15, 0.2) is 0 Å². The Morgan fingerprint density at radius 3 is 1.57 bits per heavy atom. The molecule has 0 amide bonds. The van der Waals surface area contributed by atoms with Crippen LogP contribution in [0.1, 0.15) is 79.6 Å². The van der Waals surface area contributed by atoms with Gasteiger partial charge in [-0.3, -0.25) is 0 Å². The Morgan fingerprint density at radius 2 is 1.30 bits per heavy atom. The minimum atomic E-state index is -2.46. The summed E-state index contributed by atoms with van der Waals surface area (Å²) in [5.41, 5.74) is 0.423. The molecule has 3 nitrogen and oxygen atoms in total. The van der Waals surface area contributed by atoms with E-state index in [0.717, 1.165) is 6.42 Å². The third-order valence-electron chi connectivity index (χ3n) is 4.58. The molecule has 0 aromatic carbocycles. The third kappa shape index (κ3) is 7.58. The quantitative estimate of drug-likeness (QED) is 0.438. The van der Waals surface area contributed by atoms with Crippen LogP contribution in [0.5, 0.6) is 0 Å². The summed E-state index contributed by atoms with van der Waals surface area (Å²) in [4.78, 5) is 0. The van der Waals surface area contributed by atoms with Crippen molar-refractivity contribution in [2.24, 2.45) is 0 Å². The Morgan fingerprint density at radius 1 is 0.826 bits per heavy atom. The Labute approximate surface area is 156 Å². The van der Waals surface area contributed by atoms with Crippen LogP contribution < -0.4 is 0 Å². The van der Waals surface area contributed by atoms with E-state index in [0.29, 0.717) is 25.4 Å². The summed E-state index contributed by atoms with van der Waals surface area (Å²) >= 11 is 0. The Hall–Kier alpha value is 0.616. The van der Waals surface area contributed by atoms with Crippen LogP contribution in [0.15, 0.2) is 0 Å². The number of hydrogen-bond donors (Lipinski definition) is 0. The van der Waals surface area contributed by atoms with Crippen molar-refractivity contribution < 1.29 is 30.3 Å². The van der Waals surface area contributed by atoms with E-state index in [2.05, 4.69) is 13.8 Å². The predicted octanol–water partition coefficient (Wildman–Crippen LogP) is 5.34. The Balaban J connectivity index is 0.000000581. The SMILES string of the molecule is CCO[Si](OCC)(OCC)C1CCC[C-]1C.C[C-]1CCCC1.[Fe+2]. The summed E-state index contributed by atoms with van der Waals surface area (Å²) < 4.78 is 17.8. The predicted molar refractivity (Wildman–Crippen MR) is 94.5 cm³/mol. The smallest absolute Gasteiger partial charge is 0.375 e. The molecule has 0 heterocycles. The molecule has 1 atom stereocenters. The summed E-state index contributed by atoms with van der Waals surface area (Å²) in [5.74, 6) is 3.21. The molecule has 0 aromatic rings. The van der Waals surface area contributed by atoms with Gasteiger partial charge in [-0.2, -0.15) is 33.1 Å². The van der Waals surface area contributed by atoms with Gasteiger partial charge in [-0.15, -0.1) is 0 Å². The maximum absolute atomic E-state index is 5.94. The van der Waals surface area contributed by atoms with E-state index < -0.39 is 8.80 Å². The van der Waals surface area contributed by atoms with Gasteiger partial charge in [0, 0.05) is 19.8 Å². The van der Waals surface area contributed by atoms with Gasteiger partial charge in [-0.05, 0) is 20.8 Å². The van der Waals surface area contributed by atoms with Gasteiger partial charge in [0.2, 0.25) is 0 Å². The van der Waals surface area contributed by atoms with Gasteiger partial charge in [0.05, 0.1) is 0 Å². The first-order valence-electron chi connectivity index (χ1n) is 9.15. The van der Waals surface area contributed by atoms with Crippen molar-refractivity contribution in [3.05, 3.63) is 11.8 Å². The first-order chi connectivity index (χ1) is 10.6. The van der Waals surface area contributed by atoms with Crippen molar-refractivity contribution in [3.8, 4) is 0 Å². The normalized spacial score (nSPS) is 22.6. The third-order valence-corrected chi connectivity index (χ3v) is 8.29. The van der Waals surface area contributed by atoms with Gasteiger partial charge in [0.1, 0.15) is 0 Å². The van der Waals surface area contributed by atoms with Crippen molar-refractivity contribution in [1.82, 2.24) is 0 Å². The van der Waals surface area contributed by atoms with Crippen molar-refractivity contribution in [3.63, 3.8) is 0 Å². The van der Waals surface area contributed by atoms with Crippen molar-refractivity contribution in [2.45, 2.75) is 85.1 Å². The summed E-state index contributed by atoms with van der Waals surface area (Å²) in [6.07, 6.45) is 9.32. The first kappa shape index (κ1) is 23.6. The van der Waals surface area contributed by atoms with Gasteiger partial charge in [0.25, 0.3) is 0 Å². The average molecular weight is 384 g/mol. The fourth-order valence-electron chi connectivity index (χ4n) is 3.49. The second-order valence-electron chi connectivity index (χ2n) is 6.36. The Bertz CT molecular complexity index is 268. The molecule has 0 spiro atoms. The van der Waals surface area contributed by atoms with E-state index in [1.165, 1.54) is 44.4 Å². The van der Waals surface area contributed by atoms with Crippen LogP contribution in [0.4, 0.5) is 0 Å². The maximum Gasteiger partial charge on any atom is 2.00 e. The number of hydrogen-bond acceptors (Lipinski definition) is 3. The molecular weight excluding hydrogens is 348 g/mol. The molecule has 0 aromatic heterocycles. The molecule has 2 aliphatic carbocycles. The van der Waals surface area contributed by atoms with Crippen molar-refractivity contribution in [2.75, 3.05) is 19.8 Å². The summed E-state index contributed by atoms with van der Waals surface area (Å²) in [6, 6.07) is 0. The monoisotopic (exact) mass is 384 g/mol. The average Bonchev–Trinajstić information content (AvgIpc) is 3.12. The van der Waals surface area contributed by atoms with Crippen LogP contribution in [-0.4, -0.2) is 28.6 Å². The van der Waals surface area contributed by atoms with Crippen LogP contribution in [0.3, 0.4) is 0 Å². The maximum atomic E-state index is 5.94. The Kier molecular flexibility index (Phi) is 13.3. The zero-order chi connectivity index (χ0) is 16.4. The molecule has 23 heavy (non-hydrogen) atoms. The minimum Gasteiger partial charge on any atom is -0.375 e. The van der Waals surface area contributed by atoms with E-state index in [-0.39, 0.29) is 17.1 Å². The molecule has 5 heteroatoms. The van der Waals surface area contributed by atoms with E-state index >= 15 is 0 Å². The summed E-state index contributed by atoms with van der Waals surface area (Å²) in [6.45, 7) is 12.6. The summed E-state index contributed by atoms with van der Waals surface area (Å²) in [5, 5.41) is 0. The summed E-state index contributed by atoms with van der Waals surface area (Å²) in [7, 11) is -2.46. The molecule has 0 radical (unpaired) electrons. The minimum absolute atomic E-state index is 0. The van der Waals surface area contributed by atoms with E-state index in [1.54, 1.807) is 5.92 Å². The molecule has 1 unspecified atom stereocenters.